The highest BCUT2D eigenvalue weighted by Crippen LogP contribution is 2.27. The first-order valence-corrected chi connectivity index (χ1v) is 11.3. The lowest BCUT2D eigenvalue weighted by Crippen LogP contribution is -2.11. The lowest BCUT2D eigenvalue weighted by molar-refractivity contribution is 0.552. The number of aromatic nitrogens is 3. The maximum Gasteiger partial charge on any atom is 0.191 e. The smallest absolute Gasteiger partial charge is 0.191 e. The van der Waals surface area contributed by atoms with Crippen molar-refractivity contribution in [3.63, 3.8) is 0 Å². The van der Waals surface area contributed by atoms with Crippen LogP contribution in [0.1, 0.15) is 34.5 Å². The maximum absolute atomic E-state index is 11.6. The summed E-state index contributed by atoms with van der Waals surface area (Å²) in [7, 11) is -0.875. The zero-order valence-electron chi connectivity index (χ0n) is 15.2. The summed E-state index contributed by atoms with van der Waals surface area (Å²) >= 11 is 1.68. The Kier molecular flexibility index (Phi) is 5.25. The van der Waals surface area contributed by atoms with Gasteiger partial charge in [-0.15, -0.1) is 10.2 Å². The van der Waals surface area contributed by atoms with Crippen LogP contribution in [-0.4, -0.2) is 34.7 Å². The standard InChI is InChI=1S/C18H25N3O2S2/c1-12-7-13(2)16(14(3)8-12)10-24-18-20-19-17(21(18)4)9-15-5-6-25(22,23)11-15/h7-8,15H,5-6,9-11H2,1-4H3. The van der Waals surface area contributed by atoms with E-state index in [1.54, 1.807) is 11.8 Å². The molecule has 0 N–H and O–H groups in total. The fourth-order valence-electron chi connectivity index (χ4n) is 3.51. The van der Waals surface area contributed by atoms with E-state index in [2.05, 4.69) is 43.1 Å². The number of rotatable bonds is 5. The molecule has 2 heterocycles. The average Bonchev–Trinajstić information content (AvgIpc) is 3.02. The summed E-state index contributed by atoms with van der Waals surface area (Å²) in [5.41, 5.74) is 5.25. The molecular weight excluding hydrogens is 354 g/mol. The third-order valence-corrected chi connectivity index (χ3v) is 7.79. The molecule has 2 aromatic rings. The third-order valence-electron chi connectivity index (χ3n) is 4.91. The van der Waals surface area contributed by atoms with Crippen LogP contribution in [0.2, 0.25) is 0 Å². The molecule has 3 rings (SSSR count). The van der Waals surface area contributed by atoms with Crippen LogP contribution in [0, 0.1) is 26.7 Å². The Morgan fingerprint density at radius 3 is 2.48 bits per heavy atom. The highest BCUT2D eigenvalue weighted by molar-refractivity contribution is 7.98. The summed E-state index contributed by atoms with van der Waals surface area (Å²) in [5.74, 6) is 2.50. The van der Waals surface area contributed by atoms with E-state index < -0.39 is 9.84 Å². The predicted octanol–water partition coefficient (Wildman–Crippen LogP) is 3.01. The van der Waals surface area contributed by atoms with Crippen molar-refractivity contribution in [2.24, 2.45) is 13.0 Å². The molecule has 1 unspecified atom stereocenters. The molecule has 25 heavy (non-hydrogen) atoms. The molecule has 1 atom stereocenters. The Balaban J connectivity index is 1.68. The van der Waals surface area contributed by atoms with Gasteiger partial charge in [-0.25, -0.2) is 8.42 Å². The van der Waals surface area contributed by atoms with Crippen molar-refractivity contribution in [2.75, 3.05) is 11.5 Å². The van der Waals surface area contributed by atoms with Gasteiger partial charge in [0.2, 0.25) is 0 Å². The van der Waals surface area contributed by atoms with Gasteiger partial charge in [-0.3, -0.25) is 0 Å². The predicted molar refractivity (Wildman–Crippen MR) is 102 cm³/mol. The number of hydrogen-bond acceptors (Lipinski definition) is 5. The van der Waals surface area contributed by atoms with Gasteiger partial charge in [-0.2, -0.15) is 0 Å². The molecule has 0 amide bonds. The van der Waals surface area contributed by atoms with Crippen LogP contribution < -0.4 is 0 Å². The number of benzene rings is 1. The Bertz CT molecular complexity index is 865. The van der Waals surface area contributed by atoms with Crippen LogP contribution in [0.25, 0.3) is 0 Å². The van der Waals surface area contributed by atoms with Gasteiger partial charge in [-0.05, 0) is 49.8 Å². The molecule has 0 radical (unpaired) electrons. The van der Waals surface area contributed by atoms with Crippen LogP contribution >= 0.6 is 11.8 Å². The Hall–Kier alpha value is -1.34. The fraction of sp³-hybridized carbons (Fsp3) is 0.556. The Labute approximate surface area is 154 Å². The van der Waals surface area contributed by atoms with Crippen molar-refractivity contribution in [1.29, 1.82) is 0 Å². The zero-order chi connectivity index (χ0) is 18.2. The van der Waals surface area contributed by atoms with Crippen molar-refractivity contribution < 1.29 is 8.42 Å². The second kappa shape index (κ2) is 7.11. The van der Waals surface area contributed by atoms with Crippen molar-refractivity contribution in [2.45, 2.75) is 44.5 Å². The topological polar surface area (TPSA) is 64.8 Å². The first-order valence-electron chi connectivity index (χ1n) is 8.53. The van der Waals surface area contributed by atoms with E-state index in [-0.39, 0.29) is 11.7 Å². The second-order valence-electron chi connectivity index (χ2n) is 7.10. The lowest BCUT2D eigenvalue weighted by atomic mass is 10.0. The van der Waals surface area contributed by atoms with Gasteiger partial charge >= 0.3 is 0 Å². The second-order valence-corrected chi connectivity index (χ2v) is 10.3. The molecule has 1 aromatic carbocycles. The van der Waals surface area contributed by atoms with Crippen molar-refractivity contribution in [3.8, 4) is 0 Å². The summed E-state index contributed by atoms with van der Waals surface area (Å²) in [6.45, 7) is 6.42. The summed E-state index contributed by atoms with van der Waals surface area (Å²) in [6.07, 6.45) is 1.42. The number of thioether (sulfide) groups is 1. The molecule has 5 nitrogen and oxygen atoms in total. The minimum atomic E-state index is -2.84. The molecule has 0 saturated carbocycles. The molecule has 1 fully saturated rings. The first kappa shape index (κ1) is 18.5. The van der Waals surface area contributed by atoms with E-state index in [4.69, 9.17) is 0 Å². The first-order chi connectivity index (χ1) is 11.7. The van der Waals surface area contributed by atoms with Gasteiger partial charge < -0.3 is 4.57 Å². The van der Waals surface area contributed by atoms with E-state index in [0.29, 0.717) is 12.2 Å². The molecule has 1 aromatic heterocycles. The van der Waals surface area contributed by atoms with E-state index in [0.717, 1.165) is 23.2 Å². The van der Waals surface area contributed by atoms with Crippen molar-refractivity contribution in [3.05, 3.63) is 40.2 Å². The molecule has 1 saturated heterocycles. The number of hydrogen-bond donors (Lipinski definition) is 0. The van der Waals surface area contributed by atoms with Gasteiger partial charge in [-0.1, -0.05) is 29.5 Å². The number of aryl methyl sites for hydroxylation is 3. The van der Waals surface area contributed by atoms with Gasteiger partial charge in [0.25, 0.3) is 0 Å². The summed E-state index contributed by atoms with van der Waals surface area (Å²) < 4.78 is 25.3. The highest BCUT2D eigenvalue weighted by Gasteiger charge is 2.29. The van der Waals surface area contributed by atoms with Crippen LogP contribution in [0.4, 0.5) is 0 Å². The van der Waals surface area contributed by atoms with Gasteiger partial charge in [0.1, 0.15) is 5.82 Å². The summed E-state index contributed by atoms with van der Waals surface area (Å²) in [6, 6.07) is 4.43. The van der Waals surface area contributed by atoms with Gasteiger partial charge in [0, 0.05) is 19.2 Å². The average molecular weight is 380 g/mol. The number of sulfone groups is 1. The number of nitrogens with zero attached hydrogens (tertiary/aromatic N) is 3. The SMILES string of the molecule is Cc1cc(C)c(CSc2nnc(CC3CCS(=O)(=O)C3)n2C)c(C)c1. The third kappa shape index (κ3) is 4.26. The highest BCUT2D eigenvalue weighted by atomic mass is 32.2. The minimum Gasteiger partial charge on any atom is -0.309 e. The summed E-state index contributed by atoms with van der Waals surface area (Å²) in [5, 5.41) is 9.49. The molecular formula is C18H25N3O2S2. The Morgan fingerprint density at radius 1 is 1.20 bits per heavy atom. The van der Waals surface area contributed by atoms with Gasteiger partial charge in [0.15, 0.2) is 15.0 Å². The van der Waals surface area contributed by atoms with Gasteiger partial charge in [0.05, 0.1) is 11.5 Å². The normalized spacial score (nSPS) is 19.4. The van der Waals surface area contributed by atoms with Crippen LogP contribution in [0.5, 0.6) is 0 Å². The van der Waals surface area contributed by atoms with Crippen molar-refractivity contribution >= 4 is 21.6 Å². The molecule has 0 bridgehead atoms. The maximum atomic E-state index is 11.6. The van der Waals surface area contributed by atoms with Crippen LogP contribution in [-0.2, 0) is 29.1 Å². The lowest BCUT2D eigenvalue weighted by Gasteiger charge is -2.11. The molecule has 0 spiro atoms. The fourth-order valence-corrected chi connectivity index (χ4v) is 6.50. The molecule has 0 aliphatic carbocycles. The zero-order valence-corrected chi connectivity index (χ0v) is 16.9. The summed E-state index contributed by atoms with van der Waals surface area (Å²) in [4.78, 5) is 0. The minimum absolute atomic E-state index is 0.173. The Morgan fingerprint density at radius 2 is 1.88 bits per heavy atom. The molecule has 136 valence electrons. The van der Waals surface area contributed by atoms with Crippen molar-refractivity contribution in [1.82, 2.24) is 14.8 Å². The van der Waals surface area contributed by atoms with E-state index in [9.17, 15) is 8.42 Å². The molecule has 1 aliphatic heterocycles. The largest absolute Gasteiger partial charge is 0.309 e. The quantitative estimate of drug-likeness (QED) is 0.747. The van der Waals surface area contributed by atoms with Crippen LogP contribution in [0.3, 0.4) is 0 Å². The molecule has 7 heteroatoms. The van der Waals surface area contributed by atoms with Crippen LogP contribution in [0.15, 0.2) is 17.3 Å². The molecule has 1 aliphatic rings. The van der Waals surface area contributed by atoms with E-state index >= 15 is 0 Å². The monoisotopic (exact) mass is 379 g/mol. The van der Waals surface area contributed by atoms with E-state index in [1.807, 2.05) is 11.6 Å². The van der Waals surface area contributed by atoms with E-state index in [1.165, 1.54) is 22.3 Å².